The first-order valence-electron chi connectivity index (χ1n) is 8.53. The van der Waals surface area contributed by atoms with Crippen molar-refractivity contribution in [1.82, 2.24) is 9.55 Å². The summed E-state index contributed by atoms with van der Waals surface area (Å²) in [7, 11) is 0. The lowest BCUT2D eigenvalue weighted by atomic mass is 10.0. The molecule has 0 unspecified atom stereocenters. The van der Waals surface area contributed by atoms with Gasteiger partial charge in [-0.2, -0.15) is 0 Å². The van der Waals surface area contributed by atoms with Crippen molar-refractivity contribution in [2.75, 3.05) is 6.54 Å². The number of nitrogens with zero attached hydrogens (tertiary/aromatic N) is 3. The number of aliphatic carboxylic acids is 1. The van der Waals surface area contributed by atoms with E-state index in [1.807, 2.05) is 0 Å². The molecular weight excluding hydrogens is 408 g/mol. The fraction of sp³-hybridized carbons (Fsp3) is 0.263. The Morgan fingerprint density at radius 3 is 2.79 bits per heavy atom. The van der Waals surface area contributed by atoms with Gasteiger partial charge < -0.3 is 9.84 Å². The van der Waals surface area contributed by atoms with Crippen molar-refractivity contribution >= 4 is 29.0 Å². The second-order valence-electron chi connectivity index (χ2n) is 6.48. The van der Waals surface area contributed by atoms with Crippen molar-refractivity contribution in [2.24, 2.45) is 10.9 Å². The Morgan fingerprint density at radius 1 is 1.41 bits per heavy atom. The van der Waals surface area contributed by atoms with Crippen LogP contribution in [0.1, 0.15) is 18.3 Å². The van der Waals surface area contributed by atoms with E-state index < -0.39 is 23.2 Å². The van der Waals surface area contributed by atoms with Crippen LogP contribution in [0.5, 0.6) is 5.75 Å². The maximum Gasteiger partial charge on any atom is 0.354 e. The number of aromatic nitrogens is 2. The summed E-state index contributed by atoms with van der Waals surface area (Å²) in [6, 6.07) is 2.15. The van der Waals surface area contributed by atoms with Crippen LogP contribution < -0.4 is 10.3 Å². The minimum absolute atomic E-state index is 0.00660. The fourth-order valence-electron chi connectivity index (χ4n) is 2.87. The molecule has 29 heavy (non-hydrogen) atoms. The number of ether oxygens (including phenoxy) is 1. The van der Waals surface area contributed by atoms with Crippen LogP contribution >= 0.6 is 11.6 Å². The zero-order valence-corrected chi connectivity index (χ0v) is 16.2. The second kappa shape index (κ2) is 8.12. The average molecular weight is 424 g/mol. The number of aryl methyl sites for hydroxylation is 1. The van der Waals surface area contributed by atoms with E-state index in [0.29, 0.717) is 17.5 Å². The third-order valence-corrected chi connectivity index (χ3v) is 4.70. The SMILES string of the molecule is Cc1cc(OCc2ncc(F)cc2F)c(Cl)c(=O)n1C1=CC(C(=O)O)=NC[C@@H]1C. The quantitative estimate of drug-likeness (QED) is 0.797. The third-order valence-electron chi connectivity index (χ3n) is 4.35. The Hall–Kier alpha value is -3.07. The minimum atomic E-state index is -1.19. The molecule has 0 saturated heterocycles. The number of hydrogen-bond acceptors (Lipinski definition) is 5. The predicted octanol–water partition coefficient (Wildman–Crippen LogP) is 3.08. The molecule has 1 aliphatic heterocycles. The molecule has 2 aromatic rings. The van der Waals surface area contributed by atoms with Crippen molar-refractivity contribution in [2.45, 2.75) is 20.5 Å². The number of dihydropyridines is 1. The van der Waals surface area contributed by atoms with Crippen LogP contribution in [0.4, 0.5) is 8.78 Å². The van der Waals surface area contributed by atoms with Crippen LogP contribution in [0, 0.1) is 24.5 Å². The highest BCUT2D eigenvalue weighted by molar-refractivity contribution is 6.41. The number of carboxylic acids is 1. The van der Waals surface area contributed by atoms with Crippen LogP contribution in [-0.2, 0) is 11.4 Å². The number of hydrogen-bond donors (Lipinski definition) is 1. The first-order valence-corrected chi connectivity index (χ1v) is 8.91. The van der Waals surface area contributed by atoms with Gasteiger partial charge in [-0.3, -0.25) is 19.3 Å². The largest absolute Gasteiger partial charge is 0.485 e. The molecule has 2 aromatic heterocycles. The van der Waals surface area contributed by atoms with E-state index in [0.717, 1.165) is 6.20 Å². The zero-order chi connectivity index (χ0) is 21.3. The van der Waals surface area contributed by atoms with Gasteiger partial charge in [-0.25, -0.2) is 13.6 Å². The molecule has 1 aliphatic rings. The highest BCUT2D eigenvalue weighted by atomic mass is 35.5. The molecule has 152 valence electrons. The van der Waals surface area contributed by atoms with Gasteiger partial charge in [-0.15, -0.1) is 0 Å². The Balaban J connectivity index is 1.95. The lowest BCUT2D eigenvalue weighted by Crippen LogP contribution is -2.29. The van der Waals surface area contributed by atoms with Crippen molar-refractivity contribution in [3.8, 4) is 5.75 Å². The van der Waals surface area contributed by atoms with Gasteiger partial charge in [0.2, 0.25) is 0 Å². The number of carbonyl (C=O) groups is 1. The van der Waals surface area contributed by atoms with Crippen LogP contribution in [0.2, 0.25) is 5.02 Å². The summed E-state index contributed by atoms with van der Waals surface area (Å²) in [4.78, 5) is 31.6. The number of halogens is 3. The van der Waals surface area contributed by atoms with E-state index >= 15 is 0 Å². The van der Waals surface area contributed by atoms with E-state index in [9.17, 15) is 23.5 Å². The molecule has 0 fully saturated rings. The Labute approximate surface area is 168 Å². The summed E-state index contributed by atoms with van der Waals surface area (Å²) in [6.45, 7) is 3.29. The summed E-state index contributed by atoms with van der Waals surface area (Å²) >= 11 is 6.16. The highest BCUT2D eigenvalue weighted by Crippen LogP contribution is 2.27. The standard InChI is InChI=1S/C19H16ClF2N3O4/c1-9-6-23-13(19(27)28)5-15(9)25-10(2)3-16(17(20)18(25)26)29-8-14-12(22)4-11(21)7-24-14/h3-5,7,9H,6,8H2,1-2H3,(H,27,28)/t9-/m0/s1. The minimum Gasteiger partial charge on any atom is -0.485 e. The summed E-state index contributed by atoms with van der Waals surface area (Å²) < 4.78 is 33.4. The molecule has 0 aromatic carbocycles. The van der Waals surface area contributed by atoms with Gasteiger partial charge in [0.1, 0.15) is 34.6 Å². The van der Waals surface area contributed by atoms with Gasteiger partial charge in [0, 0.05) is 36.0 Å². The monoisotopic (exact) mass is 423 g/mol. The summed E-state index contributed by atoms with van der Waals surface area (Å²) in [5.41, 5.74) is -0.0286. The second-order valence-corrected chi connectivity index (χ2v) is 6.85. The predicted molar refractivity (Wildman–Crippen MR) is 102 cm³/mol. The first kappa shape index (κ1) is 20.7. The molecule has 1 N–H and O–H groups in total. The number of carboxylic acid groups (broad SMARTS) is 1. The van der Waals surface area contributed by atoms with Gasteiger partial charge >= 0.3 is 5.97 Å². The normalized spacial score (nSPS) is 16.2. The third kappa shape index (κ3) is 4.19. The summed E-state index contributed by atoms with van der Waals surface area (Å²) in [5.74, 6) is -3.10. The first-order chi connectivity index (χ1) is 13.7. The molecule has 0 bridgehead atoms. The van der Waals surface area contributed by atoms with Crippen molar-refractivity contribution in [3.63, 3.8) is 0 Å². The molecule has 10 heteroatoms. The Bertz CT molecular complexity index is 1110. The molecule has 3 heterocycles. The molecule has 1 atom stereocenters. The van der Waals surface area contributed by atoms with E-state index in [2.05, 4.69) is 9.98 Å². The summed E-state index contributed by atoms with van der Waals surface area (Å²) in [5, 5.41) is 8.92. The highest BCUT2D eigenvalue weighted by Gasteiger charge is 2.24. The average Bonchev–Trinajstić information content (AvgIpc) is 2.66. The number of pyridine rings is 2. The number of rotatable bonds is 5. The molecule has 0 spiro atoms. The van der Waals surface area contributed by atoms with Gasteiger partial charge in [0.25, 0.3) is 5.56 Å². The molecule has 0 amide bonds. The summed E-state index contributed by atoms with van der Waals surface area (Å²) in [6.07, 6.45) is 2.19. The number of aliphatic imine (C=N–C) groups is 1. The molecular formula is C19H16ClF2N3O4. The topological polar surface area (TPSA) is 93.8 Å². The zero-order valence-electron chi connectivity index (χ0n) is 15.4. The molecule has 7 nitrogen and oxygen atoms in total. The van der Waals surface area contributed by atoms with Gasteiger partial charge in [-0.1, -0.05) is 18.5 Å². The molecule has 3 rings (SSSR count). The molecule has 0 saturated carbocycles. The van der Waals surface area contributed by atoms with Gasteiger partial charge in [0.15, 0.2) is 5.82 Å². The van der Waals surface area contributed by atoms with Crippen LogP contribution in [0.15, 0.2) is 34.2 Å². The van der Waals surface area contributed by atoms with E-state index in [1.54, 1.807) is 13.8 Å². The maximum atomic E-state index is 13.7. The molecule has 0 aliphatic carbocycles. The maximum absolute atomic E-state index is 13.7. The van der Waals surface area contributed by atoms with E-state index in [4.69, 9.17) is 16.3 Å². The lowest BCUT2D eigenvalue weighted by molar-refractivity contribution is -0.129. The van der Waals surface area contributed by atoms with Crippen LogP contribution in [0.3, 0.4) is 0 Å². The van der Waals surface area contributed by atoms with Crippen molar-refractivity contribution in [1.29, 1.82) is 0 Å². The lowest BCUT2D eigenvalue weighted by Gasteiger charge is -2.23. The van der Waals surface area contributed by atoms with Gasteiger partial charge in [0.05, 0.1) is 6.20 Å². The molecule has 0 radical (unpaired) electrons. The van der Waals surface area contributed by atoms with Crippen LogP contribution in [-0.4, -0.2) is 32.9 Å². The Kier molecular flexibility index (Phi) is 5.78. The van der Waals surface area contributed by atoms with E-state index in [-0.39, 0.29) is 41.2 Å². The van der Waals surface area contributed by atoms with Crippen LogP contribution in [0.25, 0.3) is 5.70 Å². The van der Waals surface area contributed by atoms with Gasteiger partial charge in [-0.05, 0) is 13.0 Å². The smallest absolute Gasteiger partial charge is 0.354 e. The van der Waals surface area contributed by atoms with Crippen molar-refractivity contribution < 1.29 is 23.4 Å². The fourth-order valence-corrected chi connectivity index (χ4v) is 3.07. The van der Waals surface area contributed by atoms with Crippen molar-refractivity contribution in [3.05, 3.63) is 62.8 Å². The van der Waals surface area contributed by atoms with E-state index in [1.165, 1.54) is 16.7 Å². The Morgan fingerprint density at radius 2 is 2.14 bits per heavy atom.